The summed E-state index contributed by atoms with van der Waals surface area (Å²) >= 11 is 0. The molecule has 3 fully saturated rings. The van der Waals surface area contributed by atoms with Gasteiger partial charge in [-0.25, -0.2) is 38.2 Å². The van der Waals surface area contributed by atoms with Gasteiger partial charge in [-0.15, -0.1) is 0 Å². The molecule has 42 heteroatoms. The predicted molar refractivity (Wildman–Crippen MR) is 276 cm³/mol. The van der Waals surface area contributed by atoms with Gasteiger partial charge in [-0.2, -0.15) is 13.6 Å². The topological polar surface area (TPSA) is 542 Å². The third-order valence-electron chi connectivity index (χ3n) is 13.7. The number of nitrogens with zero attached hydrogens (tertiary/aromatic N) is 10. The second-order valence-corrected chi connectivity index (χ2v) is 25.6. The van der Waals surface area contributed by atoms with Gasteiger partial charge >= 0.3 is 36.7 Å². The number of methoxy groups -OCH3 is 2. The normalized spacial score (nSPS) is 28.6. The number of aromatic amines is 2. The van der Waals surface area contributed by atoms with Crippen molar-refractivity contribution in [3.63, 3.8) is 0 Å². The van der Waals surface area contributed by atoms with Crippen LogP contribution in [0.5, 0.6) is 0 Å². The summed E-state index contributed by atoms with van der Waals surface area (Å²) in [7, 11) is -20.9. The molecule has 3 aliphatic rings. The van der Waals surface area contributed by atoms with Gasteiger partial charge < -0.3 is 80.3 Å². The lowest BCUT2D eigenvalue weighted by Gasteiger charge is -2.28. The molecule has 0 bridgehead atoms. The van der Waals surface area contributed by atoms with Gasteiger partial charge in [0.25, 0.3) is 17.1 Å². The largest absolute Gasteiger partial charge is 0.490 e. The van der Waals surface area contributed by atoms with Crippen molar-refractivity contribution in [2.24, 2.45) is 5.92 Å². The zero-order chi connectivity index (χ0) is 59.5. The highest BCUT2D eigenvalue weighted by molar-refractivity contribution is 7.66. The molecule has 0 aliphatic carbocycles. The number of aliphatic hydroxyl groups is 3. The van der Waals surface area contributed by atoms with Crippen molar-refractivity contribution in [3.8, 4) is 0 Å². The molecule has 38 nitrogen and oxygen atoms in total. The summed E-state index contributed by atoms with van der Waals surface area (Å²) in [6.45, 7) is -3.03. The Morgan fingerprint density at radius 1 is 0.699 bits per heavy atom. The van der Waals surface area contributed by atoms with E-state index in [9.17, 15) is 62.7 Å². The molecule has 7 aromatic rings. The van der Waals surface area contributed by atoms with E-state index >= 15 is 0 Å². The van der Waals surface area contributed by atoms with Crippen molar-refractivity contribution in [2.75, 3.05) is 57.8 Å². The maximum Gasteiger partial charge on any atom is 0.490 e. The molecule has 3 saturated heterocycles. The predicted octanol–water partition coefficient (Wildman–Crippen LogP) is -1.84. The first-order valence-corrected chi connectivity index (χ1v) is 30.6. The van der Waals surface area contributed by atoms with E-state index in [1.165, 1.54) is 27.1 Å². The molecule has 5 unspecified atom stereocenters. The zero-order valence-electron chi connectivity index (χ0n) is 43.0. The standard InChI is InChI=1S/C41H53N15O23P4/c1-70-9-8-19-20(75-37(26(19)57)56-17-53(10-18-6-4-3-5-7-18)25-34(56)50-41(44)52-36(25)61)11-73-81(64,65)78-83(68,69)79-82(66,67)74-13-22-30(29(71-2)39(77-22)54-15-47-23-31(42)45-14-46-32(23)54)80(62,63)72-12-21-27(58)28(59)38(76-21)55-16-48-24-33(55)49-40(43)51-35(24)60/h3-7,14-17,19-22,26-30,37-39,57-59H,8-13H2,1-2H3,(H11-,42,43,44,45,46,49,50,51,52,60,61,62,63,64,65,66,67,68,69)/p+1/t19-,20-,21-,22?,26-,27-,28-,29-,30-,37-,38-,39-/m1/s1. The number of hydrogen-bond acceptors (Lipinski definition) is 28. The molecule has 9 heterocycles. The van der Waals surface area contributed by atoms with E-state index in [1.807, 2.05) is 12.1 Å². The van der Waals surface area contributed by atoms with Crippen LogP contribution in [0.1, 0.15) is 30.7 Å². The lowest BCUT2D eigenvalue weighted by atomic mass is 9.95. The number of nitrogens with two attached hydrogens (primary N) is 3. The Hall–Kier alpha value is -5.89. The molecule has 1 aromatic carbocycles. The van der Waals surface area contributed by atoms with Gasteiger partial charge in [-0.05, 0) is 12.0 Å². The summed E-state index contributed by atoms with van der Waals surface area (Å²) in [5, 5.41) is 33.7. The number of H-pyrrole nitrogens is 2. The minimum Gasteiger partial charge on any atom is -0.387 e. The first kappa shape index (κ1) is 60.2. The monoisotopic (exact) mass is 1250 g/mol. The summed E-state index contributed by atoms with van der Waals surface area (Å²) in [5.74, 6) is -1.64. The fourth-order valence-corrected chi connectivity index (χ4v) is 15.3. The van der Waals surface area contributed by atoms with Crippen molar-refractivity contribution < 1.29 is 104 Å². The number of phosphoric acid groups is 3. The minimum absolute atomic E-state index is 0.0000471. The lowest BCUT2D eigenvalue weighted by molar-refractivity contribution is -0.746. The molecule has 10 rings (SSSR count). The molecule has 0 spiro atoms. The van der Waals surface area contributed by atoms with Gasteiger partial charge in [0.15, 0.2) is 41.4 Å². The number of fused-ring (bicyclic) bond motifs is 3. The Bertz CT molecular complexity index is 3850. The number of anilines is 3. The van der Waals surface area contributed by atoms with Gasteiger partial charge in [0.2, 0.25) is 17.7 Å². The summed E-state index contributed by atoms with van der Waals surface area (Å²) in [6.07, 6.45) is -11.1. The van der Waals surface area contributed by atoms with Gasteiger partial charge in [0.1, 0.15) is 54.1 Å². The number of hydrogen-bond donors (Lipinski definition) is 12. The number of imidazole rings is 3. The highest BCUT2D eigenvalue weighted by Crippen LogP contribution is 2.68. The molecule has 15 N–H and O–H groups in total. The summed E-state index contributed by atoms with van der Waals surface area (Å²) < 4.78 is 113. The van der Waals surface area contributed by atoms with E-state index in [4.69, 9.17) is 54.5 Å². The van der Waals surface area contributed by atoms with E-state index in [1.54, 1.807) is 18.2 Å². The fraction of sp³-hybridized carbons (Fsp3) is 0.488. The van der Waals surface area contributed by atoms with Crippen LogP contribution in [0.4, 0.5) is 17.7 Å². The molecule has 6 aromatic heterocycles. The second kappa shape index (κ2) is 23.5. The first-order valence-electron chi connectivity index (χ1n) is 24.5. The summed E-state index contributed by atoms with van der Waals surface area (Å²) in [6, 6.07) is 9.01. The van der Waals surface area contributed by atoms with E-state index < -0.39 is 135 Å². The van der Waals surface area contributed by atoms with Crippen LogP contribution in [0.2, 0.25) is 0 Å². The van der Waals surface area contributed by atoms with Crippen LogP contribution in [0.3, 0.4) is 0 Å². The Labute approximate surface area is 464 Å². The smallest absolute Gasteiger partial charge is 0.387 e. The molecule has 16 atom stereocenters. The van der Waals surface area contributed by atoms with Gasteiger partial charge in [0.05, 0.1) is 45.1 Å². The van der Waals surface area contributed by atoms with Crippen molar-refractivity contribution >= 4 is 82.3 Å². The lowest BCUT2D eigenvalue weighted by Crippen LogP contribution is -2.45. The number of nitrogens with one attached hydrogen (secondary N) is 2. The van der Waals surface area contributed by atoms with Crippen molar-refractivity contribution in [1.29, 1.82) is 0 Å². The average molecular weight is 1250 g/mol. The van der Waals surface area contributed by atoms with E-state index in [2.05, 4.69) is 48.5 Å². The maximum atomic E-state index is 14.5. The Morgan fingerprint density at radius 3 is 2.01 bits per heavy atom. The third kappa shape index (κ3) is 12.3. The van der Waals surface area contributed by atoms with Crippen LogP contribution in [0, 0.1) is 5.92 Å². The first-order chi connectivity index (χ1) is 39.3. The molecule has 3 aliphatic heterocycles. The highest BCUT2D eigenvalue weighted by Gasteiger charge is 2.58. The van der Waals surface area contributed by atoms with Crippen molar-refractivity contribution in [2.45, 2.75) is 80.0 Å². The molecule has 0 saturated carbocycles. The van der Waals surface area contributed by atoms with Crippen LogP contribution < -0.4 is 32.9 Å². The third-order valence-corrected chi connectivity index (χ3v) is 19.8. The number of aromatic nitrogens is 12. The van der Waals surface area contributed by atoms with E-state index in [-0.39, 0.29) is 70.8 Å². The number of ether oxygens (including phenoxy) is 5. The van der Waals surface area contributed by atoms with Crippen molar-refractivity contribution in [3.05, 3.63) is 81.9 Å². The maximum absolute atomic E-state index is 14.5. The summed E-state index contributed by atoms with van der Waals surface area (Å²) in [4.78, 5) is 98.6. The Balaban J connectivity index is 0.829. The van der Waals surface area contributed by atoms with E-state index in [0.29, 0.717) is 0 Å². The fourth-order valence-electron chi connectivity index (χ4n) is 9.99. The van der Waals surface area contributed by atoms with Crippen LogP contribution in [0.25, 0.3) is 33.5 Å². The molecule has 0 amide bonds. The molecule has 450 valence electrons. The number of aliphatic hydroxyl groups excluding tert-OH is 3. The average Bonchev–Trinajstić information content (AvgIpc) is 4.44. The van der Waals surface area contributed by atoms with Crippen LogP contribution >= 0.6 is 31.1 Å². The quantitative estimate of drug-likeness (QED) is 0.0247. The zero-order valence-corrected chi connectivity index (χ0v) is 46.6. The minimum atomic E-state index is -6.22. The van der Waals surface area contributed by atoms with Crippen LogP contribution in [0.15, 0.2) is 65.2 Å². The van der Waals surface area contributed by atoms with Crippen molar-refractivity contribution in [1.82, 2.24) is 53.6 Å². The number of nitrogen functional groups attached to an aromatic ring is 3. The molecule has 0 radical (unpaired) electrons. The van der Waals surface area contributed by atoms with Gasteiger partial charge in [-0.3, -0.25) is 46.9 Å². The number of phosphoric ester groups is 2. The Morgan fingerprint density at radius 2 is 1.33 bits per heavy atom. The van der Waals surface area contributed by atoms with Crippen LogP contribution in [-0.4, -0.2) is 178 Å². The van der Waals surface area contributed by atoms with Crippen LogP contribution in [-0.2, 0) is 70.7 Å². The SMILES string of the molecule is COCC[C@H]1[C@@H](O)[C@H]([n+]2cn(Cc3ccccc3)c3c(=O)[nH]c(N)nc32)O[C@@H]1COP(=O)(O)OP(=O)(O)OP(=O)(O)OCC1O[C@@H](n2cnc3c(N)ncnc32)[C@H](OC)[C@@H]1P(=O)(O)OC[C@H]1O[C@@H](n2cnc3c(=O)[nH]c(N)nc32)[C@H](O)[C@@H]1O. The summed E-state index contributed by atoms with van der Waals surface area (Å²) in [5.41, 5.74) is 14.8. The van der Waals surface area contributed by atoms with E-state index in [0.717, 1.165) is 36.2 Å². The highest BCUT2D eigenvalue weighted by atomic mass is 31.3. The number of rotatable bonds is 23. The molecular weight excluding hydrogens is 1190 g/mol. The molecular formula is C41H54N15O23P4+. The number of benzene rings is 1. The molecule has 83 heavy (non-hydrogen) atoms. The van der Waals surface area contributed by atoms with Gasteiger partial charge in [-0.1, -0.05) is 35.3 Å². The van der Waals surface area contributed by atoms with Gasteiger partial charge in [0, 0.05) is 26.7 Å². The Kier molecular flexibility index (Phi) is 17.1. The second-order valence-electron chi connectivity index (χ2n) is 18.9.